The number of hydrogen-bond acceptors (Lipinski definition) is 3. The van der Waals surface area contributed by atoms with E-state index in [4.69, 9.17) is 0 Å². The number of alkyl halides is 2. The van der Waals surface area contributed by atoms with E-state index in [9.17, 15) is 8.78 Å². The highest BCUT2D eigenvalue weighted by molar-refractivity contribution is 5.58. The Morgan fingerprint density at radius 2 is 1.77 bits per heavy atom. The highest BCUT2D eigenvalue weighted by atomic mass is 19.3. The molecule has 2 aromatic rings. The molecule has 1 aromatic carbocycles. The summed E-state index contributed by atoms with van der Waals surface area (Å²) in [5.74, 6) is -3.25. The van der Waals surface area contributed by atoms with Crippen molar-refractivity contribution in [3.8, 4) is 11.3 Å². The molecule has 1 unspecified atom stereocenters. The maximum atomic E-state index is 14.4. The molecule has 1 saturated heterocycles. The topological polar surface area (TPSA) is 37.8 Å². The highest BCUT2D eigenvalue weighted by Crippen LogP contribution is 2.74. The molecule has 1 atom stereocenters. The molecule has 0 radical (unpaired) electrons. The van der Waals surface area contributed by atoms with Crippen molar-refractivity contribution in [2.45, 2.75) is 24.7 Å². The van der Waals surface area contributed by atoms with Crippen LogP contribution < -0.4 is 5.32 Å². The molecule has 2 fully saturated rings. The molecule has 114 valence electrons. The minimum atomic E-state index is -2.69. The van der Waals surface area contributed by atoms with E-state index in [2.05, 4.69) is 15.3 Å². The molecule has 5 heteroatoms. The van der Waals surface area contributed by atoms with Gasteiger partial charge in [-0.05, 0) is 32.0 Å². The van der Waals surface area contributed by atoms with Crippen molar-refractivity contribution in [2.75, 3.05) is 13.1 Å². The second kappa shape index (κ2) is 4.81. The molecule has 1 aliphatic heterocycles. The van der Waals surface area contributed by atoms with Gasteiger partial charge in [-0.15, -0.1) is 0 Å². The van der Waals surface area contributed by atoms with E-state index in [0.717, 1.165) is 5.56 Å². The Balaban J connectivity index is 1.69. The van der Waals surface area contributed by atoms with Crippen LogP contribution in [0, 0.1) is 5.41 Å². The predicted molar refractivity (Wildman–Crippen MR) is 79.7 cm³/mol. The van der Waals surface area contributed by atoms with E-state index in [1.165, 1.54) is 0 Å². The minimum absolute atomic E-state index is 0.285. The lowest BCUT2D eigenvalue weighted by Gasteiger charge is -2.22. The van der Waals surface area contributed by atoms with Gasteiger partial charge >= 0.3 is 0 Å². The second-order valence-electron chi connectivity index (χ2n) is 6.13. The average Bonchev–Trinajstić information content (AvgIpc) is 3.02. The van der Waals surface area contributed by atoms with Crippen LogP contribution in [-0.4, -0.2) is 29.0 Å². The largest absolute Gasteiger partial charge is 0.317 e. The monoisotopic (exact) mass is 301 g/mol. The molecular weight excluding hydrogens is 284 g/mol. The summed E-state index contributed by atoms with van der Waals surface area (Å²) in [7, 11) is 0. The van der Waals surface area contributed by atoms with Crippen LogP contribution in [0.2, 0.25) is 0 Å². The fourth-order valence-electron chi connectivity index (χ4n) is 3.70. The first-order valence-corrected chi connectivity index (χ1v) is 7.62. The highest BCUT2D eigenvalue weighted by Gasteiger charge is 2.81. The van der Waals surface area contributed by atoms with Crippen LogP contribution >= 0.6 is 0 Å². The van der Waals surface area contributed by atoms with Crippen molar-refractivity contribution < 1.29 is 8.78 Å². The number of halogens is 2. The molecule has 1 saturated carbocycles. The van der Waals surface area contributed by atoms with Crippen molar-refractivity contribution >= 4 is 0 Å². The number of hydrogen-bond donors (Lipinski definition) is 1. The predicted octanol–water partition coefficient (Wildman–Crippen LogP) is 3.25. The van der Waals surface area contributed by atoms with Gasteiger partial charge in [0.15, 0.2) is 0 Å². The number of rotatable bonds is 2. The van der Waals surface area contributed by atoms with Crippen LogP contribution in [0.1, 0.15) is 24.6 Å². The van der Waals surface area contributed by atoms with Gasteiger partial charge in [-0.1, -0.05) is 30.3 Å². The molecule has 0 amide bonds. The van der Waals surface area contributed by atoms with E-state index in [0.29, 0.717) is 31.6 Å². The summed E-state index contributed by atoms with van der Waals surface area (Å²) in [6.45, 7) is 1.29. The van der Waals surface area contributed by atoms with Crippen molar-refractivity contribution in [3.05, 3.63) is 48.4 Å². The molecule has 3 nitrogen and oxygen atoms in total. The normalized spacial score (nSPS) is 25.1. The quantitative estimate of drug-likeness (QED) is 0.925. The van der Waals surface area contributed by atoms with Crippen LogP contribution in [0.15, 0.2) is 42.6 Å². The summed E-state index contributed by atoms with van der Waals surface area (Å²) in [4.78, 5) is 8.60. The first kappa shape index (κ1) is 13.8. The van der Waals surface area contributed by atoms with Crippen molar-refractivity contribution in [1.29, 1.82) is 0 Å². The lowest BCUT2D eigenvalue weighted by Crippen LogP contribution is -2.32. The molecule has 1 N–H and O–H groups in total. The summed E-state index contributed by atoms with van der Waals surface area (Å²) >= 11 is 0. The maximum absolute atomic E-state index is 14.4. The Bertz CT molecular complexity index is 681. The second-order valence-corrected chi connectivity index (χ2v) is 6.13. The molecular formula is C17H17F2N3. The zero-order valence-electron chi connectivity index (χ0n) is 12.1. The van der Waals surface area contributed by atoms with Crippen molar-refractivity contribution in [2.24, 2.45) is 5.41 Å². The third kappa shape index (κ3) is 1.88. The third-order valence-corrected chi connectivity index (χ3v) is 4.99. The number of aromatic nitrogens is 2. The smallest absolute Gasteiger partial charge is 0.265 e. The molecule has 4 rings (SSSR count). The minimum Gasteiger partial charge on any atom is -0.317 e. The van der Waals surface area contributed by atoms with Crippen LogP contribution in [0.25, 0.3) is 11.3 Å². The van der Waals surface area contributed by atoms with Crippen LogP contribution in [0.5, 0.6) is 0 Å². The molecule has 2 heterocycles. The van der Waals surface area contributed by atoms with Gasteiger partial charge in [0, 0.05) is 11.8 Å². The van der Waals surface area contributed by atoms with Crippen molar-refractivity contribution in [1.82, 2.24) is 15.3 Å². The standard InChI is InChI=1S/C17H17F2N3/c18-17(19)14(16(17)7-10-20-11-8-16)15-21-9-6-13(22-15)12-4-2-1-3-5-12/h1-6,9,14,20H,7-8,10-11H2. The van der Waals surface area contributed by atoms with Gasteiger partial charge in [-0.3, -0.25) is 0 Å². The number of nitrogens with one attached hydrogen (secondary N) is 1. The van der Waals surface area contributed by atoms with Gasteiger partial charge in [0.25, 0.3) is 5.92 Å². The molecule has 2 aliphatic rings. The number of piperidine rings is 1. The molecule has 1 aliphatic carbocycles. The summed E-state index contributed by atoms with van der Waals surface area (Å²) < 4.78 is 28.9. The lowest BCUT2D eigenvalue weighted by atomic mass is 9.91. The van der Waals surface area contributed by atoms with Crippen molar-refractivity contribution in [3.63, 3.8) is 0 Å². The van der Waals surface area contributed by atoms with Crippen LogP contribution in [-0.2, 0) is 0 Å². The van der Waals surface area contributed by atoms with Gasteiger partial charge in [-0.2, -0.15) is 0 Å². The lowest BCUT2D eigenvalue weighted by molar-refractivity contribution is 0.0490. The Labute approximate surface area is 127 Å². The molecule has 1 spiro atoms. The Morgan fingerprint density at radius 1 is 1.05 bits per heavy atom. The summed E-state index contributed by atoms with van der Waals surface area (Å²) in [6.07, 6.45) is 2.57. The summed E-state index contributed by atoms with van der Waals surface area (Å²) in [5.41, 5.74) is 0.694. The fourth-order valence-corrected chi connectivity index (χ4v) is 3.70. The molecule has 1 aromatic heterocycles. The van der Waals surface area contributed by atoms with Gasteiger partial charge in [-0.25, -0.2) is 18.7 Å². The van der Waals surface area contributed by atoms with E-state index < -0.39 is 17.3 Å². The number of benzene rings is 1. The first-order chi connectivity index (χ1) is 10.7. The molecule has 22 heavy (non-hydrogen) atoms. The Morgan fingerprint density at radius 3 is 2.50 bits per heavy atom. The first-order valence-electron chi connectivity index (χ1n) is 7.62. The average molecular weight is 301 g/mol. The Hall–Kier alpha value is -1.88. The van der Waals surface area contributed by atoms with E-state index in [1.807, 2.05) is 30.3 Å². The SMILES string of the molecule is FC1(F)C(c2nccc(-c3ccccc3)n2)C12CCNCC2. The van der Waals surface area contributed by atoms with E-state index in [-0.39, 0.29) is 5.82 Å². The fraction of sp³-hybridized carbons (Fsp3) is 0.412. The third-order valence-electron chi connectivity index (χ3n) is 4.99. The summed E-state index contributed by atoms with van der Waals surface area (Å²) in [6, 6.07) is 11.4. The zero-order chi connectivity index (χ0) is 15.2. The number of nitrogens with zero attached hydrogens (tertiary/aromatic N) is 2. The van der Waals surface area contributed by atoms with Crippen LogP contribution in [0.4, 0.5) is 8.78 Å². The zero-order valence-corrected chi connectivity index (χ0v) is 12.1. The molecule has 0 bridgehead atoms. The van der Waals surface area contributed by atoms with Gasteiger partial charge in [0.05, 0.1) is 17.0 Å². The van der Waals surface area contributed by atoms with Gasteiger partial charge in [0.1, 0.15) is 5.82 Å². The Kier molecular flexibility index (Phi) is 3.01. The van der Waals surface area contributed by atoms with Gasteiger partial charge < -0.3 is 5.32 Å². The summed E-state index contributed by atoms with van der Waals surface area (Å²) in [5, 5.41) is 3.15. The maximum Gasteiger partial charge on any atom is 0.265 e. The van der Waals surface area contributed by atoms with Crippen LogP contribution in [0.3, 0.4) is 0 Å². The van der Waals surface area contributed by atoms with Gasteiger partial charge in [0.2, 0.25) is 0 Å². The van der Waals surface area contributed by atoms with E-state index >= 15 is 0 Å². The van der Waals surface area contributed by atoms with E-state index in [1.54, 1.807) is 12.3 Å².